The minimum Gasteiger partial charge on any atom is -0.507 e. The van der Waals surface area contributed by atoms with E-state index in [9.17, 15) is 28.6 Å². The van der Waals surface area contributed by atoms with Crippen molar-refractivity contribution in [3.8, 4) is 11.5 Å². The van der Waals surface area contributed by atoms with Crippen molar-refractivity contribution in [1.29, 1.82) is 0 Å². The molecule has 1 heterocycles. The highest BCUT2D eigenvalue weighted by Crippen LogP contribution is 2.44. The van der Waals surface area contributed by atoms with E-state index in [1.165, 1.54) is 25.3 Å². The van der Waals surface area contributed by atoms with Crippen molar-refractivity contribution in [3.63, 3.8) is 0 Å². The second kappa shape index (κ2) is 8.81. The summed E-state index contributed by atoms with van der Waals surface area (Å²) in [6.45, 7) is 0. The number of Topliss-reactive ketones (excluding diaryl/α,β-unsaturated/α-hetero) is 1. The highest BCUT2D eigenvalue weighted by molar-refractivity contribution is 6.51. The zero-order valence-electron chi connectivity index (χ0n) is 18.9. The summed E-state index contributed by atoms with van der Waals surface area (Å²) < 4.78 is 32.9. The first-order valence-electron chi connectivity index (χ1n) is 10.9. The van der Waals surface area contributed by atoms with Crippen molar-refractivity contribution in [1.82, 2.24) is 0 Å². The van der Waals surface area contributed by atoms with Gasteiger partial charge in [0.25, 0.3) is 11.7 Å². The predicted molar refractivity (Wildman–Crippen MR) is 130 cm³/mol. The zero-order valence-corrected chi connectivity index (χ0v) is 18.9. The van der Waals surface area contributed by atoms with E-state index < -0.39 is 35.1 Å². The summed E-state index contributed by atoms with van der Waals surface area (Å²) in [5.74, 6) is -4.93. The minimum absolute atomic E-state index is 0.0896. The highest BCUT2D eigenvalue weighted by atomic mass is 19.2. The number of ketones is 1. The number of ether oxygens (including phenoxy) is 1. The maximum atomic E-state index is 14.1. The van der Waals surface area contributed by atoms with Crippen LogP contribution in [0.25, 0.3) is 16.5 Å². The Morgan fingerprint density at radius 1 is 0.917 bits per heavy atom. The lowest BCUT2D eigenvalue weighted by Gasteiger charge is -2.26. The molecule has 1 aliphatic rings. The molecule has 0 aliphatic carbocycles. The van der Waals surface area contributed by atoms with Gasteiger partial charge in [0.2, 0.25) is 0 Å². The van der Waals surface area contributed by atoms with Crippen molar-refractivity contribution in [3.05, 3.63) is 107 Å². The molecule has 1 amide bonds. The van der Waals surface area contributed by atoms with Gasteiger partial charge in [-0.25, -0.2) is 8.78 Å². The van der Waals surface area contributed by atoms with Crippen molar-refractivity contribution >= 4 is 33.9 Å². The number of aliphatic hydroxyl groups excluding tert-OH is 1. The quantitative estimate of drug-likeness (QED) is 0.227. The van der Waals surface area contributed by atoms with Crippen molar-refractivity contribution in [2.75, 3.05) is 12.0 Å². The number of rotatable bonds is 4. The lowest BCUT2D eigenvalue weighted by molar-refractivity contribution is -0.132. The van der Waals surface area contributed by atoms with Gasteiger partial charge in [-0.15, -0.1) is 0 Å². The van der Waals surface area contributed by atoms with Crippen molar-refractivity contribution in [2.45, 2.75) is 6.04 Å². The third-order valence-corrected chi connectivity index (χ3v) is 6.19. The molecule has 8 heteroatoms. The largest absolute Gasteiger partial charge is 0.507 e. The van der Waals surface area contributed by atoms with Gasteiger partial charge in [-0.3, -0.25) is 14.5 Å². The van der Waals surface area contributed by atoms with Gasteiger partial charge in [-0.1, -0.05) is 48.5 Å². The van der Waals surface area contributed by atoms with E-state index in [0.29, 0.717) is 10.9 Å². The third-order valence-electron chi connectivity index (χ3n) is 6.19. The van der Waals surface area contributed by atoms with Crippen LogP contribution in [0.15, 0.2) is 84.4 Å². The van der Waals surface area contributed by atoms with Crippen LogP contribution in [0, 0.1) is 11.6 Å². The van der Waals surface area contributed by atoms with Crippen LogP contribution >= 0.6 is 0 Å². The molecule has 1 atom stereocenters. The fourth-order valence-electron chi connectivity index (χ4n) is 4.50. The van der Waals surface area contributed by atoms with Crippen LogP contribution in [0.4, 0.5) is 14.5 Å². The number of methoxy groups -OCH3 is 1. The van der Waals surface area contributed by atoms with E-state index in [0.717, 1.165) is 28.5 Å². The molecular weight excluding hydrogens is 468 g/mol. The first kappa shape index (κ1) is 23.0. The summed E-state index contributed by atoms with van der Waals surface area (Å²) in [4.78, 5) is 27.5. The lowest BCUT2D eigenvalue weighted by Crippen LogP contribution is -2.29. The van der Waals surface area contributed by atoms with Crippen LogP contribution in [0.1, 0.15) is 17.2 Å². The maximum absolute atomic E-state index is 14.1. The summed E-state index contributed by atoms with van der Waals surface area (Å²) in [5, 5.41) is 23.3. The van der Waals surface area contributed by atoms with Gasteiger partial charge < -0.3 is 14.9 Å². The van der Waals surface area contributed by atoms with Crippen LogP contribution < -0.4 is 9.64 Å². The molecule has 180 valence electrons. The smallest absolute Gasteiger partial charge is 0.300 e. The first-order valence-corrected chi connectivity index (χ1v) is 10.9. The predicted octanol–water partition coefficient (Wildman–Crippen LogP) is 5.46. The van der Waals surface area contributed by atoms with Gasteiger partial charge in [0.1, 0.15) is 5.76 Å². The molecule has 1 aliphatic heterocycles. The Kier molecular flexibility index (Phi) is 5.64. The molecule has 1 unspecified atom stereocenters. The third kappa shape index (κ3) is 3.63. The number of hydrogen-bond acceptors (Lipinski definition) is 5. The number of fused-ring (bicyclic) bond motifs is 1. The number of phenolic OH excluding ortho intramolecular Hbond substituents is 1. The van der Waals surface area contributed by atoms with Gasteiger partial charge in [0.15, 0.2) is 23.1 Å². The Hall–Kier alpha value is -4.72. The number of amides is 1. The number of carbonyl (C=O) groups is 2. The summed E-state index contributed by atoms with van der Waals surface area (Å²) in [6, 6.07) is 18.2. The van der Waals surface area contributed by atoms with Gasteiger partial charge in [0.05, 0.1) is 18.7 Å². The first-order chi connectivity index (χ1) is 17.3. The van der Waals surface area contributed by atoms with Gasteiger partial charge in [0, 0.05) is 17.3 Å². The number of phenols is 1. The van der Waals surface area contributed by atoms with E-state index in [1.807, 2.05) is 18.2 Å². The molecule has 4 aromatic rings. The van der Waals surface area contributed by atoms with E-state index in [4.69, 9.17) is 4.74 Å². The lowest BCUT2D eigenvalue weighted by atomic mass is 9.93. The molecule has 1 fully saturated rings. The SMILES string of the molecule is COc1ccc(C2/C(=C(/O)c3cccc4ccccc34)C(=O)C(=O)N2c2ccc(F)c(F)c2)cc1O. The van der Waals surface area contributed by atoms with Gasteiger partial charge in [-0.2, -0.15) is 0 Å². The Bertz CT molecular complexity index is 1570. The van der Waals surface area contributed by atoms with Gasteiger partial charge >= 0.3 is 0 Å². The molecule has 1 saturated heterocycles. The number of halogens is 2. The second-order valence-corrected chi connectivity index (χ2v) is 8.23. The molecule has 0 aromatic heterocycles. The summed E-state index contributed by atoms with van der Waals surface area (Å²) in [7, 11) is 1.36. The van der Waals surface area contributed by atoms with Crippen LogP contribution in [0.5, 0.6) is 11.5 Å². The standard InChI is InChI=1S/C28H19F2NO5/c1-36-23-12-9-16(13-22(23)32)25-24(26(33)19-8-4-6-15-5-2-3-7-18(15)19)27(34)28(35)31(25)17-10-11-20(29)21(30)14-17/h2-14,25,32-33H,1H3/b26-24-. The topological polar surface area (TPSA) is 87.1 Å². The van der Waals surface area contributed by atoms with E-state index in [2.05, 4.69) is 0 Å². The van der Waals surface area contributed by atoms with Crippen LogP contribution in [0.3, 0.4) is 0 Å². The molecule has 5 rings (SSSR count). The average Bonchev–Trinajstić information content (AvgIpc) is 3.15. The fraction of sp³-hybridized carbons (Fsp3) is 0.0714. The Labute approximate surface area is 204 Å². The molecule has 0 saturated carbocycles. The maximum Gasteiger partial charge on any atom is 0.300 e. The summed E-state index contributed by atoms with van der Waals surface area (Å²) in [6.07, 6.45) is 0. The Balaban J connectivity index is 1.79. The number of anilines is 1. The number of aromatic hydroxyl groups is 1. The number of nitrogens with zero attached hydrogens (tertiary/aromatic N) is 1. The molecule has 4 aromatic carbocycles. The molecule has 0 radical (unpaired) electrons. The second-order valence-electron chi connectivity index (χ2n) is 8.23. The number of aliphatic hydroxyl groups is 1. The van der Waals surface area contributed by atoms with E-state index in [1.54, 1.807) is 24.3 Å². The molecule has 0 spiro atoms. The molecular formula is C28H19F2NO5. The monoisotopic (exact) mass is 487 g/mol. The number of hydrogen-bond donors (Lipinski definition) is 2. The van der Waals surface area contributed by atoms with Crippen LogP contribution in [0.2, 0.25) is 0 Å². The van der Waals surface area contributed by atoms with Crippen molar-refractivity contribution in [2.24, 2.45) is 0 Å². The molecule has 36 heavy (non-hydrogen) atoms. The Morgan fingerprint density at radius 3 is 2.39 bits per heavy atom. The van der Waals surface area contributed by atoms with E-state index >= 15 is 0 Å². The molecule has 2 N–H and O–H groups in total. The van der Waals surface area contributed by atoms with Crippen LogP contribution in [-0.2, 0) is 9.59 Å². The van der Waals surface area contributed by atoms with Gasteiger partial charge in [-0.05, 0) is 40.6 Å². The molecule has 0 bridgehead atoms. The Morgan fingerprint density at radius 2 is 1.67 bits per heavy atom. The average molecular weight is 487 g/mol. The normalized spacial score (nSPS) is 17.1. The highest BCUT2D eigenvalue weighted by Gasteiger charge is 2.47. The number of benzene rings is 4. The van der Waals surface area contributed by atoms with Crippen molar-refractivity contribution < 1.29 is 33.3 Å². The summed E-state index contributed by atoms with van der Waals surface area (Å²) >= 11 is 0. The minimum atomic E-state index is -1.24. The zero-order chi connectivity index (χ0) is 25.6. The number of carbonyl (C=O) groups excluding carboxylic acids is 2. The summed E-state index contributed by atoms with van der Waals surface area (Å²) in [5.41, 5.74) is 0.220. The fourth-order valence-corrected chi connectivity index (χ4v) is 4.50. The molecule has 6 nitrogen and oxygen atoms in total. The van der Waals surface area contributed by atoms with E-state index in [-0.39, 0.29) is 28.3 Å². The van der Waals surface area contributed by atoms with Crippen LogP contribution in [-0.4, -0.2) is 29.0 Å².